The van der Waals surface area contributed by atoms with Gasteiger partial charge in [-0.25, -0.2) is 0 Å². The summed E-state index contributed by atoms with van der Waals surface area (Å²) in [7, 11) is 0. The molecular weight excluding hydrogens is 354 g/mol. The highest BCUT2D eigenvalue weighted by molar-refractivity contribution is 6.11. The zero-order chi connectivity index (χ0) is 19.7. The number of likely N-dealkylation sites (N-methyl/N-ethyl adjacent to an activating group) is 1. The molecule has 1 amide bonds. The molecule has 3 aliphatic rings. The summed E-state index contributed by atoms with van der Waals surface area (Å²) < 4.78 is 6.16. The summed E-state index contributed by atoms with van der Waals surface area (Å²) in [6, 6.07) is 5.23. The first kappa shape index (κ1) is 19.1. The molecule has 3 unspecified atom stereocenters. The lowest BCUT2D eigenvalue weighted by Gasteiger charge is -2.35. The molecule has 1 aromatic rings. The van der Waals surface area contributed by atoms with E-state index in [0.717, 1.165) is 51.0 Å². The van der Waals surface area contributed by atoms with Crippen molar-refractivity contribution in [1.82, 2.24) is 14.8 Å². The highest BCUT2D eigenvalue weighted by Crippen LogP contribution is 2.46. The van der Waals surface area contributed by atoms with Gasteiger partial charge in [-0.1, -0.05) is 26.3 Å². The molecule has 0 spiro atoms. The third-order valence-corrected chi connectivity index (χ3v) is 6.38. The van der Waals surface area contributed by atoms with Crippen molar-refractivity contribution in [3.05, 3.63) is 41.4 Å². The average Bonchev–Trinajstić information content (AvgIpc) is 3.02. The van der Waals surface area contributed by atoms with E-state index < -0.39 is 6.04 Å². The number of carbonyl (C=O) groups is 2. The van der Waals surface area contributed by atoms with Gasteiger partial charge in [-0.15, -0.1) is 0 Å². The van der Waals surface area contributed by atoms with Gasteiger partial charge in [0.25, 0.3) is 5.91 Å². The predicted molar refractivity (Wildman–Crippen MR) is 105 cm³/mol. The van der Waals surface area contributed by atoms with Crippen molar-refractivity contribution in [2.45, 2.75) is 51.7 Å². The predicted octanol–water partition coefficient (Wildman–Crippen LogP) is 2.72. The summed E-state index contributed by atoms with van der Waals surface area (Å²) >= 11 is 0. The van der Waals surface area contributed by atoms with Gasteiger partial charge < -0.3 is 14.5 Å². The Bertz CT molecular complexity index is 772. The standard InChI is InChI=1S/C22H29N3O3/c1-3-24(4-2)13-14-25-19(16-10-7-8-12-23-16)18-20(26)15-9-5-6-11-17(15)28-21(18)22(25)27/h7-8,10,12,15,17,19H,3-6,9,11,13-14H2,1-2H3. The van der Waals surface area contributed by atoms with Crippen LogP contribution in [0.25, 0.3) is 0 Å². The Morgan fingerprint density at radius 2 is 1.96 bits per heavy atom. The van der Waals surface area contributed by atoms with E-state index in [-0.39, 0.29) is 29.5 Å². The fourth-order valence-electron chi connectivity index (χ4n) is 4.76. The number of fused-ring (bicyclic) bond motifs is 1. The van der Waals surface area contributed by atoms with Crippen LogP contribution in [0.2, 0.25) is 0 Å². The highest BCUT2D eigenvalue weighted by atomic mass is 16.5. The molecule has 1 aliphatic carbocycles. The minimum atomic E-state index is -0.436. The van der Waals surface area contributed by atoms with Crippen LogP contribution in [-0.4, -0.2) is 58.8 Å². The maximum Gasteiger partial charge on any atom is 0.290 e. The Morgan fingerprint density at radius 1 is 1.18 bits per heavy atom. The van der Waals surface area contributed by atoms with Crippen LogP contribution in [0.4, 0.5) is 0 Å². The molecule has 0 N–H and O–H groups in total. The second-order valence-electron chi connectivity index (χ2n) is 7.84. The van der Waals surface area contributed by atoms with Gasteiger partial charge in [0, 0.05) is 19.3 Å². The molecule has 0 saturated heterocycles. The molecule has 0 radical (unpaired) electrons. The normalized spacial score (nSPS) is 27.1. The Hall–Kier alpha value is -2.21. The van der Waals surface area contributed by atoms with Gasteiger partial charge in [0.1, 0.15) is 12.1 Å². The Kier molecular flexibility index (Phi) is 5.49. The largest absolute Gasteiger partial charge is 0.483 e. The first-order valence-electron chi connectivity index (χ1n) is 10.5. The summed E-state index contributed by atoms with van der Waals surface area (Å²) in [5.74, 6) is 0.105. The van der Waals surface area contributed by atoms with Gasteiger partial charge in [0.05, 0.1) is 17.2 Å². The van der Waals surface area contributed by atoms with Crippen molar-refractivity contribution < 1.29 is 14.3 Å². The summed E-state index contributed by atoms with van der Waals surface area (Å²) in [5.41, 5.74) is 1.28. The first-order valence-corrected chi connectivity index (χ1v) is 10.5. The quantitative estimate of drug-likeness (QED) is 0.756. The Morgan fingerprint density at radius 3 is 2.68 bits per heavy atom. The molecule has 0 aromatic carbocycles. The number of rotatable bonds is 6. The van der Waals surface area contributed by atoms with Crippen LogP contribution in [-0.2, 0) is 14.3 Å². The maximum atomic E-state index is 13.4. The fraction of sp³-hybridized carbons (Fsp3) is 0.591. The van der Waals surface area contributed by atoms with Crippen LogP contribution in [0, 0.1) is 5.92 Å². The SMILES string of the molecule is CCN(CC)CCN1C(=O)C2=C(C(=O)C3CCCCC3O2)C1c1ccccn1. The second kappa shape index (κ2) is 8.03. The van der Waals surface area contributed by atoms with E-state index in [1.54, 1.807) is 11.1 Å². The fourth-order valence-corrected chi connectivity index (χ4v) is 4.76. The second-order valence-corrected chi connectivity index (χ2v) is 7.84. The summed E-state index contributed by atoms with van der Waals surface area (Å²) in [6.45, 7) is 7.42. The van der Waals surface area contributed by atoms with Crippen LogP contribution in [0.5, 0.6) is 0 Å². The molecule has 2 aliphatic heterocycles. The van der Waals surface area contributed by atoms with Gasteiger partial charge >= 0.3 is 0 Å². The van der Waals surface area contributed by atoms with E-state index in [1.165, 1.54) is 0 Å². The number of ketones is 1. The van der Waals surface area contributed by atoms with Gasteiger partial charge in [0.2, 0.25) is 0 Å². The van der Waals surface area contributed by atoms with Crippen molar-refractivity contribution in [3.63, 3.8) is 0 Å². The lowest BCUT2D eigenvalue weighted by atomic mass is 9.78. The number of hydrogen-bond donors (Lipinski definition) is 0. The molecule has 1 saturated carbocycles. The third kappa shape index (κ3) is 3.24. The van der Waals surface area contributed by atoms with Gasteiger partial charge in [-0.05, 0) is 44.5 Å². The van der Waals surface area contributed by atoms with E-state index in [9.17, 15) is 9.59 Å². The zero-order valence-electron chi connectivity index (χ0n) is 16.8. The lowest BCUT2D eigenvalue weighted by Crippen LogP contribution is -2.39. The molecule has 6 heteroatoms. The van der Waals surface area contributed by atoms with E-state index in [0.29, 0.717) is 12.1 Å². The number of Topliss-reactive ketones (excluding diaryl/α,β-unsaturated/α-hetero) is 1. The minimum Gasteiger partial charge on any atom is -0.483 e. The third-order valence-electron chi connectivity index (χ3n) is 6.38. The summed E-state index contributed by atoms with van der Waals surface area (Å²) in [4.78, 5) is 35.3. The summed E-state index contributed by atoms with van der Waals surface area (Å²) in [5, 5.41) is 0. The number of hydrogen-bond acceptors (Lipinski definition) is 5. The zero-order valence-corrected chi connectivity index (χ0v) is 16.8. The maximum absolute atomic E-state index is 13.4. The van der Waals surface area contributed by atoms with Gasteiger partial charge in [-0.3, -0.25) is 14.6 Å². The molecule has 0 bridgehead atoms. The molecular formula is C22H29N3O3. The van der Waals surface area contributed by atoms with E-state index in [1.807, 2.05) is 18.2 Å². The van der Waals surface area contributed by atoms with Crippen molar-refractivity contribution in [3.8, 4) is 0 Å². The van der Waals surface area contributed by atoms with Crippen molar-refractivity contribution in [1.29, 1.82) is 0 Å². The molecule has 4 rings (SSSR count). The molecule has 1 fully saturated rings. The number of carbonyl (C=O) groups excluding carboxylic acids is 2. The number of amides is 1. The molecule has 150 valence electrons. The topological polar surface area (TPSA) is 62.7 Å². The van der Waals surface area contributed by atoms with Crippen molar-refractivity contribution >= 4 is 11.7 Å². The van der Waals surface area contributed by atoms with Crippen LogP contribution < -0.4 is 0 Å². The highest BCUT2D eigenvalue weighted by Gasteiger charge is 2.52. The van der Waals surface area contributed by atoms with Crippen LogP contribution >= 0.6 is 0 Å². The average molecular weight is 383 g/mol. The molecule has 1 aromatic heterocycles. The van der Waals surface area contributed by atoms with Gasteiger partial charge in [0.15, 0.2) is 11.5 Å². The minimum absolute atomic E-state index is 0.0975. The van der Waals surface area contributed by atoms with Crippen molar-refractivity contribution in [2.24, 2.45) is 5.92 Å². The number of aromatic nitrogens is 1. The van der Waals surface area contributed by atoms with E-state index in [4.69, 9.17) is 4.74 Å². The van der Waals surface area contributed by atoms with Crippen LogP contribution in [0.15, 0.2) is 35.7 Å². The smallest absolute Gasteiger partial charge is 0.290 e. The van der Waals surface area contributed by atoms with Gasteiger partial charge in [-0.2, -0.15) is 0 Å². The monoisotopic (exact) mass is 383 g/mol. The molecule has 6 nitrogen and oxygen atoms in total. The first-order chi connectivity index (χ1) is 13.7. The van der Waals surface area contributed by atoms with Crippen LogP contribution in [0.3, 0.4) is 0 Å². The summed E-state index contributed by atoms with van der Waals surface area (Å²) in [6.07, 6.45) is 5.39. The van der Waals surface area contributed by atoms with E-state index in [2.05, 4.69) is 23.7 Å². The molecule has 28 heavy (non-hydrogen) atoms. The molecule has 3 heterocycles. The Balaban J connectivity index is 1.69. The number of nitrogens with zero attached hydrogens (tertiary/aromatic N) is 3. The number of ether oxygens (including phenoxy) is 1. The number of pyridine rings is 1. The Labute approximate surface area is 166 Å². The van der Waals surface area contributed by atoms with Crippen molar-refractivity contribution in [2.75, 3.05) is 26.2 Å². The van der Waals surface area contributed by atoms with Crippen LogP contribution in [0.1, 0.15) is 51.3 Å². The molecule has 3 atom stereocenters. The van der Waals surface area contributed by atoms with E-state index >= 15 is 0 Å². The lowest BCUT2D eigenvalue weighted by molar-refractivity contribution is -0.135.